The Morgan fingerprint density at radius 2 is 2.15 bits per heavy atom. The first-order valence-corrected chi connectivity index (χ1v) is 4.80. The molecule has 0 bridgehead atoms. The van der Waals surface area contributed by atoms with Gasteiger partial charge in [-0.1, -0.05) is 11.6 Å². The molecular weight excluding hydrogens is 166 g/mol. The zero-order chi connectivity index (χ0) is 9.94. The first kappa shape index (κ1) is 12.6. The Morgan fingerprint density at radius 3 is 2.77 bits per heavy atom. The van der Waals surface area contributed by atoms with Crippen molar-refractivity contribution in [3.05, 3.63) is 11.6 Å². The van der Waals surface area contributed by atoms with E-state index < -0.39 is 0 Å². The van der Waals surface area contributed by atoms with Gasteiger partial charge in [-0.2, -0.15) is 0 Å². The average Bonchev–Trinajstić information content (AvgIpc) is 2.09. The van der Waals surface area contributed by atoms with Gasteiger partial charge in [0.25, 0.3) is 0 Å². The lowest BCUT2D eigenvalue weighted by Gasteiger charge is -2.02. The molecule has 0 unspecified atom stereocenters. The van der Waals surface area contributed by atoms with E-state index in [-0.39, 0.29) is 6.61 Å². The lowest BCUT2D eigenvalue weighted by molar-refractivity contribution is 0.0909. The third-order valence-electron chi connectivity index (χ3n) is 1.53. The van der Waals surface area contributed by atoms with Crippen molar-refractivity contribution in [2.45, 2.75) is 20.3 Å². The highest BCUT2D eigenvalue weighted by Gasteiger charge is 1.87. The molecule has 3 nitrogen and oxygen atoms in total. The molecule has 0 atom stereocenters. The number of hydrogen-bond acceptors (Lipinski definition) is 3. The fourth-order valence-corrected chi connectivity index (χ4v) is 0.844. The predicted molar refractivity (Wildman–Crippen MR) is 54.8 cm³/mol. The molecule has 13 heavy (non-hydrogen) atoms. The van der Waals surface area contributed by atoms with Gasteiger partial charge in [-0.25, -0.2) is 0 Å². The van der Waals surface area contributed by atoms with Gasteiger partial charge in [0.05, 0.1) is 13.2 Å². The van der Waals surface area contributed by atoms with Crippen LogP contribution in [0.15, 0.2) is 11.6 Å². The Bertz CT molecular complexity index is 131. The highest BCUT2D eigenvalue weighted by Crippen LogP contribution is 1.85. The van der Waals surface area contributed by atoms with Crippen molar-refractivity contribution in [2.24, 2.45) is 0 Å². The van der Waals surface area contributed by atoms with Crippen LogP contribution in [0.1, 0.15) is 20.3 Å². The summed E-state index contributed by atoms with van der Waals surface area (Å²) in [5.74, 6) is 0. The Hall–Kier alpha value is -0.380. The van der Waals surface area contributed by atoms with Gasteiger partial charge in [0, 0.05) is 13.2 Å². The molecular formula is C10H21NO2. The van der Waals surface area contributed by atoms with Gasteiger partial charge in [-0.05, 0) is 26.8 Å². The molecule has 0 fully saturated rings. The molecule has 2 N–H and O–H groups in total. The molecule has 0 radical (unpaired) electrons. The minimum Gasteiger partial charge on any atom is -0.394 e. The summed E-state index contributed by atoms with van der Waals surface area (Å²) in [6.07, 6.45) is 3.16. The van der Waals surface area contributed by atoms with Crippen LogP contribution in [0, 0.1) is 0 Å². The number of hydrogen-bond donors (Lipinski definition) is 2. The van der Waals surface area contributed by atoms with Gasteiger partial charge in [0.15, 0.2) is 0 Å². The Kier molecular flexibility index (Phi) is 9.42. The fourth-order valence-electron chi connectivity index (χ4n) is 0.844. The standard InChI is InChI=1S/C10H21NO2/c1-10(2)4-6-11-5-3-8-13-9-7-12/h4,11-12H,3,5-9H2,1-2H3. The van der Waals surface area contributed by atoms with Crippen LogP contribution >= 0.6 is 0 Å². The SMILES string of the molecule is CC(C)=CCNCCCOCCO. The molecule has 0 aliphatic rings. The third kappa shape index (κ3) is 11.6. The lowest BCUT2D eigenvalue weighted by Crippen LogP contribution is -2.17. The van der Waals surface area contributed by atoms with E-state index >= 15 is 0 Å². The van der Waals surface area contributed by atoms with Crippen molar-refractivity contribution in [1.82, 2.24) is 5.32 Å². The molecule has 0 amide bonds. The van der Waals surface area contributed by atoms with E-state index in [1.54, 1.807) is 0 Å². The molecule has 0 aliphatic carbocycles. The maximum atomic E-state index is 8.42. The summed E-state index contributed by atoms with van der Waals surface area (Å²) in [6.45, 7) is 7.37. The van der Waals surface area contributed by atoms with Crippen LogP contribution in [0.5, 0.6) is 0 Å². The van der Waals surface area contributed by atoms with Crippen LogP contribution in [0.4, 0.5) is 0 Å². The summed E-state index contributed by atoms with van der Waals surface area (Å²) in [5.41, 5.74) is 1.34. The zero-order valence-electron chi connectivity index (χ0n) is 8.68. The lowest BCUT2D eigenvalue weighted by atomic mass is 10.3. The van der Waals surface area contributed by atoms with Crippen LogP contribution < -0.4 is 5.32 Å². The molecule has 78 valence electrons. The third-order valence-corrected chi connectivity index (χ3v) is 1.53. The average molecular weight is 187 g/mol. The predicted octanol–water partition coefficient (Wildman–Crippen LogP) is 0.941. The van der Waals surface area contributed by atoms with Crippen molar-refractivity contribution >= 4 is 0 Å². The molecule has 0 aromatic carbocycles. The monoisotopic (exact) mass is 187 g/mol. The molecule has 0 saturated heterocycles. The summed E-state index contributed by atoms with van der Waals surface area (Å²) in [7, 11) is 0. The van der Waals surface area contributed by atoms with Crippen LogP contribution in [-0.4, -0.2) is 38.0 Å². The topological polar surface area (TPSA) is 41.5 Å². The van der Waals surface area contributed by atoms with Crippen molar-refractivity contribution < 1.29 is 9.84 Å². The molecule has 0 saturated carbocycles. The molecule has 0 aromatic heterocycles. The summed E-state index contributed by atoms with van der Waals surface area (Å²) in [6, 6.07) is 0. The minimum atomic E-state index is 0.116. The van der Waals surface area contributed by atoms with E-state index in [9.17, 15) is 0 Å². The Morgan fingerprint density at radius 1 is 1.38 bits per heavy atom. The van der Waals surface area contributed by atoms with E-state index in [1.807, 2.05) is 0 Å². The van der Waals surface area contributed by atoms with Crippen LogP contribution in [0.2, 0.25) is 0 Å². The number of ether oxygens (including phenoxy) is 1. The van der Waals surface area contributed by atoms with Crippen molar-refractivity contribution in [3.8, 4) is 0 Å². The van der Waals surface area contributed by atoms with Gasteiger partial charge in [-0.15, -0.1) is 0 Å². The molecule has 3 heteroatoms. The van der Waals surface area contributed by atoms with Crippen LogP contribution in [0.25, 0.3) is 0 Å². The second kappa shape index (κ2) is 9.71. The summed E-state index contributed by atoms with van der Waals surface area (Å²) < 4.78 is 5.11. The number of aliphatic hydroxyl groups excluding tert-OH is 1. The molecule has 0 aromatic rings. The Labute approximate surface area is 80.8 Å². The normalized spacial score (nSPS) is 10.1. The van der Waals surface area contributed by atoms with Crippen molar-refractivity contribution in [1.29, 1.82) is 0 Å². The van der Waals surface area contributed by atoms with E-state index in [4.69, 9.17) is 9.84 Å². The number of nitrogens with one attached hydrogen (secondary N) is 1. The number of aliphatic hydroxyl groups is 1. The van der Waals surface area contributed by atoms with Crippen molar-refractivity contribution in [3.63, 3.8) is 0 Å². The summed E-state index contributed by atoms with van der Waals surface area (Å²) in [4.78, 5) is 0. The van der Waals surface area contributed by atoms with Crippen LogP contribution in [-0.2, 0) is 4.74 Å². The largest absolute Gasteiger partial charge is 0.394 e. The van der Waals surface area contributed by atoms with Gasteiger partial charge < -0.3 is 15.2 Å². The maximum Gasteiger partial charge on any atom is 0.0697 e. The van der Waals surface area contributed by atoms with E-state index in [1.165, 1.54) is 5.57 Å². The smallest absolute Gasteiger partial charge is 0.0697 e. The molecule has 0 heterocycles. The van der Waals surface area contributed by atoms with Crippen LogP contribution in [0.3, 0.4) is 0 Å². The van der Waals surface area contributed by atoms with E-state index in [0.29, 0.717) is 6.61 Å². The Balaban J connectivity index is 2.96. The highest BCUT2D eigenvalue weighted by molar-refractivity contribution is 4.94. The zero-order valence-corrected chi connectivity index (χ0v) is 8.68. The first-order chi connectivity index (χ1) is 6.27. The quantitative estimate of drug-likeness (QED) is 0.439. The molecule has 0 spiro atoms. The van der Waals surface area contributed by atoms with E-state index in [0.717, 1.165) is 26.1 Å². The van der Waals surface area contributed by atoms with Gasteiger partial charge in [0.1, 0.15) is 0 Å². The minimum absolute atomic E-state index is 0.116. The van der Waals surface area contributed by atoms with Gasteiger partial charge >= 0.3 is 0 Å². The maximum absolute atomic E-state index is 8.42. The molecule has 0 rings (SSSR count). The first-order valence-electron chi connectivity index (χ1n) is 4.80. The molecule has 0 aliphatic heterocycles. The van der Waals surface area contributed by atoms with E-state index in [2.05, 4.69) is 25.2 Å². The second-order valence-corrected chi connectivity index (χ2v) is 3.18. The second-order valence-electron chi connectivity index (χ2n) is 3.18. The van der Waals surface area contributed by atoms with Gasteiger partial charge in [-0.3, -0.25) is 0 Å². The number of rotatable bonds is 8. The summed E-state index contributed by atoms with van der Waals surface area (Å²) in [5, 5.41) is 11.7. The highest BCUT2D eigenvalue weighted by atomic mass is 16.5. The summed E-state index contributed by atoms with van der Waals surface area (Å²) >= 11 is 0. The fraction of sp³-hybridized carbons (Fsp3) is 0.800. The van der Waals surface area contributed by atoms with Crippen molar-refractivity contribution in [2.75, 3.05) is 32.9 Å². The number of allylic oxidation sites excluding steroid dienone is 1. The van der Waals surface area contributed by atoms with Gasteiger partial charge in [0.2, 0.25) is 0 Å².